The second-order valence-corrected chi connectivity index (χ2v) is 7.92. The molecular weight excluding hydrogens is 344 g/mol. The van der Waals surface area contributed by atoms with E-state index >= 15 is 0 Å². The average Bonchev–Trinajstić information content (AvgIpc) is 2.68. The maximum absolute atomic E-state index is 10.8. The van der Waals surface area contributed by atoms with E-state index in [9.17, 15) is 5.11 Å². The third kappa shape index (κ3) is 4.74. The van der Waals surface area contributed by atoms with Gasteiger partial charge in [0.15, 0.2) is 0 Å². The van der Waals surface area contributed by atoms with Gasteiger partial charge in [0.05, 0.1) is 5.69 Å². The van der Waals surface area contributed by atoms with Crippen molar-refractivity contribution in [3.05, 3.63) is 95.6 Å². The monoisotopic (exact) mass is 370 g/mol. The first kappa shape index (κ1) is 19.6. The number of aromatic hydroxyl groups is 1. The van der Waals surface area contributed by atoms with Crippen molar-refractivity contribution in [2.24, 2.45) is 10.2 Å². The molecule has 3 aromatic carbocycles. The average molecular weight is 370 g/mol. The van der Waals surface area contributed by atoms with Crippen LogP contribution < -0.4 is 0 Å². The number of phenols is 1. The third-order valence-corrected chi connectivity index (χ3v) is 4.61. The van der Waals surface area contributed by atoms with Crippen LogP contribution in [0, 0.1) is 0 Å². The number of azo groups is 1. The number of nitrogens with zero attached hydrogens (tertiary/aromatic N) is 2. The van der Waals surface area contributed by atoms with Crippen molar-refractivity contribution in [2.45, 2.75) is 32.6 Å². The molecule has 0 fully saturated rings. The molecule has 3 aromatic rings. The fourth-order valence-corrected chi connectivity index (χ4v) is 3.04. The van der Waals surface area contributed by atoms with Crippen molar-refractivity contribution in [1.29, 1.82) is 0 Å². The first-order valence-corrected chi connectivity index (χ1v) is 9.41. The summed E-state index contributed by atoms with van der Waals surface area (Å²) in [6, 6.07) is 21.8. The maximum atomic E-state index is 10.8. The van der Waals surface area contributed by atoms with Gasteiger partial charge in [0.25, 0.3) is 0 Å². The second-order valence-electron chi connectivity index (χ2n) is 7.92. The van der Waals surface area contributed by atoms with Crippen LogP contribution in [0.25, 0.3) is 6.08 Å². The summed E-state index contributed by atoms with van der Waals surface area (Å²) < 4.78 is 0. The zero-order valence-corrected chi connectivity index (χ0v) is 16.7. The van der Waals surface area contributed by atoms with Gasteiger partial charge in [-0.3, -0.25) is 0 Å². The molecule has 1 N–H and O–H groups in total. The number of phenolic OH excluding ortho intramolecular Hbond substituents is 1. The van der Waals surface area contributed by atoms with E-state index in [1.165, 1.54) is 5.56 Å². The molecule has 3 heteroatoms. The van der Waals surface area contributed by atoms with Crippen LogP contribution in [-0.4, -0.2) is 5.11 Å². The molecule has 0 radical (unpaired) electrons. The van der Waals surface area contributed by atoms with Crippen molar-refractivity contribution in [3.8, 4) is 5.75 Å². The molecular formula is C25H26N2O. The van der Waals surface area contributed by atoms with Crippen molar-refractivity contribution < 1.29 is 5.11 Å². The molecule has 0 spiro atoms. The number of benzene rings is 3. The standard InChI is InChI=1S/C25H26N2O/c1-5-18-11-13-19(14-12-18)15-20-16-22(25(2,3)4)24(28)23(17-20)27-26-21-9-7-6-8-10-21/h5-14,16-17,28H,1,15H2,2-4H3. The normalized spacial score (nSPS) is 11.7. The molecule has 0 aliphatic rings. The van der Waals surface area contributed by atoms with Crippen LogP contribution >= 0.6 is 0 Å². The molecule has 0 saturated heterocycles. The second kappa shape index (κ2) is 8.22. The van der Waals surface area contributed by atoms with Gasteiger partial charge < -0.3 is 5.11 Å². The van der Waals surface area contributed by atoms with E-state index < -0.39 is 0 Å². The summed E-state index contributed by atoms with van der Waals surface area (Å²) in [6.45, 7) is 10.1. The van der Waals surface area contributed by atoms with Crippen LogP contribution in [0.3, 0.4) is 0 Å². The van der Waals surface area contributed by atoms with E-state index in [1.807, 2.05) is 42.5 Å². The fourth-order valence-electron chi connectivity index (χ4n) is 3.04. The Bertz CT molecular complexity index is 982. The van der Waals surface area contributed by atoms with Crippen molar-refractivity contribution in [1.82, 2.24) is 0 Å². The molecule has 142 valence electrons. The Morgan fingerprint density at radius 3 is 2.18 bits per heavy atom. The zero-order chi connectivity index (χ0) is 20.1. The molecule has 0 unspecified atom stereocenters. The Balaban J connectivity index is 1.99. The first-order chi connectivity index (χ1) is 13.4. The molecule has 0 amide bonds. The maximum Gasteiger partial charge on any atom is 0.146 e. The molecule has 0 aliphatic heterocycles. The molecule has 0 aliphatic carbocycles. The fraction of sp³-hybridized carbons (Fsp3) is 0.200. The van der Waals surface area contributed by atoms with Gasteiger partial charge in [-0.2, -0.15) is 5.11 Å². The summed E-state index contributed by atoms with van der Waals surface area (Å²) in [5.74, 6) is 0.193. The van der Waals surface area contributed by atoms with E-state index in [4.69, 9.17) is 0 Å². The van der Waals surface area contributed by atoms with Crippen LogP contribution in [0.15, 0.2) is 83.5 Å². The summed E-state index contributed by atoms with van der Waals surface area (Å²) in [5.41, 5.74) is 5.30. The smallest absolute Gasteiger partial charge is 0.146 e. The van der Waals surface area contributed by atoms with Crippen molar-refractivity contribution >= 4 is 17.5 Å². The molecule has 3 nitrogen and oxygen atoms in total. The molecule has 0 atom stereocenters. The van der Waals surface area contributed by atoms with Gasteiger partial charge in [-0.15, -0.1) is 5.11 Å². The van der Waals surface area contributed by atoms with Gasteiger partial charge in [-0.25, -0.2) is 0 Å². The number of rotatable bonds is 5. The van der Waals surface area contributed by atoms with Crippen LogP contribution in [0.1, 0.15) is 43.0 Å². The Hall–Kier alpha value is -3.20. The lowest BCUT2D eigenvalue weighted by Crippen LogP contribution is -2.12. The van der Waals surface area contributed by atoms with Crippen molar-refractivity contribution in [3.63, 3.8) is 0 Å². The number of hydrogen-bond donors (Lipinski definition) is 1. The van der Waals surface area contributed by atoms with E-state index in [0.29, 0.717) is 5.69 Å². The predicted molar refractivity (Wildman–Crippen MR) is 117 cm³/mol. The molecule has 28 heavy (non-hydrogen) atoms. The first-order valence-electron chi connectivity index (χ1n) is 9.41. The number of hydrogen-bond acceptors (Lipinski definition) is 3. The predicted octanol–water partition coefficient (Wildman–Crippen LogP) is 7.34. The Morgan fingerprint density at radius 2 is 1.57 bits per heavy atom. The van der Waals surface area contributed by atoms with Crippen LogP contribution in [0.5, 0.6) is 5.75 Å². The summed E-state index contributed by atoms with van der Waals surface area (Å²) in [6.07, 6.45) is 2.60. The molecule has 0 heterocycles. The summed E-state index contributed by atoms with van der Waals surface area (Å²) in [7, 11) is 0. The minimum absolute atomic E-state index is 0.193. The lowest BCUT2D eigenvalue weighted by molar-refractivity contribution is 0.447. The summed E-state index contributed by atoms with van der Waals surface area (Å²) >= 11 is 0. The van der Waals surface area contributed by atoms with Gasteiger partial charge in [0, 0.05) is 5.56 Å². The van der Waals surface area contributed by atoms with Gasteiger partial charge in [-0.1, -0.05) is 82.0 Å². The highest BCUT2D eigenvalue weighted by atomic mass is 16.3. The highest BCUT2D eigenvalue weighted by Crippen LogP contribution is 2.40. The Labute approximate surface area is 167 Å². The summed E-state index contributed by atoms with van der Waals surface area (Å²) in [4.78, 5) is 0. The minimum atomic E-state index is -0.205. The zero-order valence-electron chi connectivity index (χ0n) is 16.7. The van der Waals surface area contributed by atoms with Crippen LogP contribution in [0.2, 0.25) is 0 Å². The van der Waals surface area contributed by atoms with Crippen LogP contribution in [-0.2, 0) is 11.8 Å². The molecule has 0 bridgehead atoms. The van der Waals surface area contributed by atoms with E-state index in [1.54, 1.807) is 0 Å². The van der Waals surface area contributed by atoms with Crippen LogP contribution in [0.4, 0.5) is 11.4 Å². The largest absolute Gasteiger partial charge is 0.505 e. The van der Waals surface area contributed by atoms with Gasteiger partial charge >= 0.3 is 0 Å². The minimum Gasteiger partial charge on any atom is -0.505 e. The van der Waals surface area contributed by atoms with E-state index in [2.05, 4.69) is 67.9 Å². The highest BCUT2D eigenvalue weighted by molar-refractivity contribution is 5.60. The molecule has 3 rings (SSSR count). The van der Waals surface area contributed by atoms with E-state index in [0.717, 1.165) is 28.8 Å². The topological polar surface area (TPSA) is 45.0 Å². The van der Waals surface area contributed by atoms with Crippen molar-refractivity contribution in [2.75, 3.05) is 0 Å². The summed E-state index contributed by atoms with van der Waals surface area (Å²) in [5, 5.41) is 19.4. The Kier molecular flexibility index (Phi) is 5.74. The quantitative estimate of drug-likeness (QED) is 0.469. The van der Waals surface area contributed by atoms with Gasteiger partial charge in [0.1, 0.15) is 11.4 Å². The molecule has 0 aromatic heterocycles. The van der Waals surface area contributed by atoms with Gasteiger partial charge in [-0.05, 0) is 46.7 Å². The van der Waals surface area contributed by atoms with E-state index in [-0.39, 0.29) is 11.2 Å². The third-order valence-electron chi connectivity index (χ3n) is 4.61. The lowest BCUT2D eigenvalue weighted by Gasteiger charge is -2.22. The SMILES string of the molecule is C=Cc1ccc(Cc2cc(N=Nc3ccccc3)c(O)c(C(C)(C)C)c2)cc1. The Morgan fingerprint density at radius 1 is 0.893 bits per heavy atom. The lowest BCUT2D eigenvalue weighted by atomic mass is 9.84. The highest BCUT2D eigenvalue weighted by Gasteiger charge is 2.21. The van der Waals surface area contributed by atoms with Gasteiger partial charge in [0.2, 0.25) is 0 Å². The molecule has 0 saturated carbocycles.